The maximum absolute atomic E-state index is 10.4. The third kappa shape index (κ3) is 2.55. The van der Waals surface area contributed by atoms with Crippen LogP contribution >= 0.6 is 0 Å². The molecule has 62 valence electrons. The van der Waals surface area contributed by atoms with E-state index in [0.717, 1.165) is 6.42 Å². The lowest BCUT2D eigenvalue weighted by molar-refractivity contribution is 0.102. The van der Waals surface area contributed by atoms with Crippen molar-refractivity contribution in [1.29, 1.82) is 0 Å². The molecule has 0 fully saturated rings. The molecule has 1 aromatic rings. The van der Waals surface area contributed by atoms with Gasteiger partial charge in [0.25, 0.3) is 0 Å². The molecule has 0 radical (unpaired) electrons. The van der Waals surface area contributed by atoms with Crippen LogP contribution in [-0.2, 0) is 11.3 Å². The Balaban J connectivity index is 2.33. The molecule has 5 heteroatoms. The molecule has 0 aromatic carbocycles. The Bertz CT molecular complexity index is 252. The molecule has 1 rings (SSSR count). The molecule has 5 nitrogen and oxygen atoms in total. The molecule has 1 N–H and O–H groups in total. The minimum absolute atomic E-state index is 0.257. The Kier molecular flexibility index (Phi) is 2.85. The monoisotopic (exact) mass is 158 g/mol. The normalized spacial score (nSPS) is 10.3. The second-order valence-corrected chi connectivity index (χ2v) is 2.06. The molecule has 0 unspecified atom stereocenters. The van der Waals surface area contributed by atoms with Crippen LogP contribution < -0.4 is 5.76 Å². The van der Waals surface area contributed by atoms with Gasteiger partial charge in [-0.2, -0.15) is 0 Å². The molecule has 0 saturated carbocycles. The zero-order valence-corrected chi connectivity index (χ0v) is 6.29. The first kappa shape index (κ1) is 8.00. The van der Waals surface area contributed by atoms with Crippen LogP contribution in [0.25, 0.3) is 0 Å². The predicted octanol–water partition coefficient (Wildman–Crippen LogP) is 0.290. The lowest BCUT2D eigenvalue weighted by Crippen LogP contribution is -1.94. The fourth-order valence-electron chi connectivity index (χ4n) is 0.626. The zero-order valence-electron chi connectivity index (χ0n) is 6.29. The van der Waals surface area contributed by atoms with E-state index in [1.165, 1.54) is 0 Å². The van der Waals surface area contributed by atoms with E-state index >= 15 is 0 Å². The first-order valence-corrected chi connectivity index (χ1v) is 3.45. The molecular formula is C6H10N2O3. The van der Waals surface area contributed by atoms with Gasteiger partial charge >= 0.3 is 5.76 Å². The average molecular weight is 158 g/mol. The van der Waals surface area contributed by atoms with E-state index in [0.29, 0.717) is 12.5 Å². The number of nitrogens with zero attached hydrogens (tertiary/aromatic N) is 1. The molecule has 0 amide bonds. The van der Waals surface area contributed by atoms with Gasteiger partial charge in [0.1, 0.15) is 6.61 Å². The van der Waals surface area contributed by atoms with Crippen LogP contribution in [-0.4, -0.2) is 16.8 Å². The predicted molar refractivity (Wildman–Crippen MR) is 37.1 cm³/mol. The van der Waals surface area contributed by atoms with Crippen molar-refractivity contribution in [1.82, 2.24) is 10.2 Å². The van der Waals surface area contributed by atoms with E-state index in [1.54, 1.807) is 0 Å². The highest BCUT2D eigenvalue weighted by molar-refractivity contribution is 4.67. The van der Waals surface area contributed by atoms with E-state index in [4.69, 9.17) is 4.74 Å². The Morgan fingerprint density at radius 2 is 2.55 bits per heavy atom. The van der Waals surface area contributed by atoms with Crippen LogP contribution in [0.1, 0.15) is 19.2 Å². The Labute approximate surface area is 63.4 Å². The van der Waals surface area contributed by atoms with Gasteiger partial charge in [-0.05, 0) is 6.42 Å². The Morgan fingerprint density at radius 3 is 3.09 bits per heavy atom. The van der Waals surface area contributed by atoms with E-state index in [-0.39, 0.29) is 6.61 Å². The Morgan fingerprint density at radius 1 is 1.73 bits per heavy atom. The van der Waals surface area contributed by atoms with Crippen molar-refractivity contribution in [2.75, 3.05) is 6.61 Å². The highest BCUT2D eigenvalue weighted by Crippen LogP contribution is 1.91. The molecule has 1 heterocycles. The molecule has 1 aromatic heterocycles. The van der Waals surface area contributed by atoms with Crippen molar-refractivity contribution in [2.24, 2.45) is 0 Å². The van der Waals surface area contributed by atoms with Crippen molar-refractivity contribution < 1.29 is 9.15 Å². The molecule has 0 atom stereocenters. The third-order valence-electron chi connectivity index (χ3n) is 1.06. The summed E-state index contributed by atoms with van der Waals surface area (Å²) in [5, 5.41) is 5.70. The summed E-state index contributed by atoms with van der Waals surface area (Å²) in [7, 11) is 0. The molecule has 11 heavy (non-hydrogen) atoms. The fraction of sp³-hybridized carbons (Fsp3) is 0.667. The van der Waals surface area contributed by atoms with E-state index in [2.05, 4.69) is 14.6 Å². The molecule has 0 aliphatic rings. The molecular weight excluding hydrogens is 148 g/mol. The summed E-state index contributed by atoms with van der Waals surface area (Å²) in [5.74, 6) is -0.247. The van der Waals surface area contributed by atoms with Crippen LogP contribution in [0.2, 0.25) is 0 Å². The molecule has 0 saturated heterocycles. The van der Waals surface area contributed by atoms with Crippen molar-refractivity contribution in [3.63, 3.8) is 0 Å². The fourth-order valence-corrected chi connectivity index (χ4v) is 0.626. The van der Waals surface area contributed by atoms with Gasteiger partial charge in [-0.25, -0.2) is 9.89 Å². The minimum atomic E-state index is -0.542. The lowest BCUT2D eigenvalue weighted by atomic mass is 10.5. The van der Waals surface area contributed by atoms with Crippen LogP contribution in [0, 0.1) is 0 Å². The summed E-state index contributed by atoms with van der Waals surface area (Å²) >= 11 is 0. The van der Waals surface area contributed by atoms with Gasteiger partial charge in [0.15, 0.2) is 0 Å². The zero-order chi connectivity index (χ0) is 8.10. The summed E-state index contributed by atoms with van der Waals surface area (Å²) in [6, 6.07) is 0. The number of ether oxygens (including phenoxy) is 1. The molecule has 0 aliphatic heterocycles. The van der Waals surface area contributed by atoms with Gasteiger partial charge in [0.05, 0.1) is 0 Å². The van der Waals surface area contributed by atoms with Gasteiger partial charge in [-0.1, -0.05) is 6.92 Å². The number of nitrogens with one attached hydrogen (secondary N) is 1. The summed E-state index contributed by atoms with van der Waals surface area (Å²) < 4.78 is 9.65. The Hall–Kier alpha value is -1.10. The van der Waals surface area contributed by atoms with Gasteiger partial charge < -0.3 is 9.15 Å². The minimum Gasteiger partial charge on any atom is -0.390 e. The molecule has 0 spiro atoms. The average Bonchev–Trinajstić information content (AvgIpc) is 2.37. The number of hydrogen-bond donors (Lipinski definition) is 1. The van der Waals surface area contributed by atoms with Crippen molar-refractivity contribution >= 4 is 0 Å². The summed E-state index contributed by atoms with van der Waals surface area (Å²) in [5.41, 5.74) is 0. The van der Waals surface area contributed by atoms with Crippen LogP contribution in [0.15, 0.2) is 9.21 Å². The summed E-state index contributed by atoms with van der Waals surface area (Å²) in [6.07, 6.45) is 0.939. The van der Waals surface area contributed by atoms with Gasteiger partial charge in [0.2, 0.25) is 5.89 Å². The standard InChI is InChI=1S/C6H10N2O3/c1-2-3-10-4-5-7-8-6(9)11-5/h2-4H2,1H3,(H,8,9). The van der Waals surface area contributed by atoms with E-state index in [9.17, 15) is 4.79 Å². The third-order valence-corrected chi connectivity index (χ3v) is 1.06. The number of hydrogen-bond acceptors (Lipinski definition) is 4. The number of aromatic amines is 1. The number of aromatic nitrogens is 2. The smallest absolute Gasteiger partial charge is 0.390 e. The summed E-state index contributed by atoms with van der Waals surface area (Å²) in [6.45, 7) is 2.91. The largest absolute Gasteiger partial charge is 0.434 e. The topological polar surface area (TPSA) is 68.1 Å². The van der Waals surface area contributed by atoms with Crippen LogP contribution in [0.3, 0.4) is 0 Å². The quantitative estimate of drug-likeness (QED) is 0.639. The first-order valence-electron chi connectivity index (χ1n) is 3.45. The number of H-pyrrole nitrogens is 1. The second-order valence-electron chi connectivity index (χ2n) is 2.06. The molecule has 0 aliphatic carbocycles. The first-order chi connectivity index (χ1) is 5.33. The van der Waals surface area contributed by atoms with E-state index in [1.807, 2.05) is 6.92 Å². The van der Waals surface area contributed by atoms with Crippen LogP contribution in [0.5, 0.6) is 0 Å². The summed E-state index contributed by atoms with van der Waals surface area (Å²) in [4.78, 5) is 10.4. The van der Waals surface area contributed by atoms with E-state index < -0.39 is 5.76 Å². The van der Waals surface area contributed by atoms with Gasteiger partial charge in [-0.3, -0.25) is 0 Å². The number of rotatable bonds is 4. The van der Waals surface area contributed by atoms with Crippen LogP contribution in [0.4, 0.5) is 0 Å². The van der Waals surface area contributed by atoms with Crippen molar-refractivity contribution in [3.05, 3.63) is 16.4 Å². The highest BCUT2D eigenvalue weighted by atomic mass is 16.5. The van der Waals surface area contributed by atoms with Crippen molar-refractivity contribution in [3.8, 4) is 0 Å². The van der Waals surface area contributed by atoms with Crippen molar-refractivity contribution in [2.45, 2.75) is 20.0 Å². The highest BCUT2D eigenvalue weighted by Gasteiger charge is 1.98. The maximum atomic E-state index is 10.4. The molecule has 0 bridgehead atoms. The SMILES string of the molecule is CCCOCc1n[nH]c(=O)o1. The maximum Gasteiger partial charge on any atom is 0.434 e. The second kappa shape index (κ2) is 3.92. The van der Waals surface area contributed by atoms with Gasteiger partial charge in [0, 0.05) is 6.61 Å². The van der Waals surface area contributed by atoms with Gasteiger partial charge in [-0.15, -0.1) is 5.10 Å². The lowest BCUT2D eigenvalue weighted by Gasteiger charge is -1.94.